The number of carbonyl (C=O) groups excluding carboxylic acids is 2. The van der Waals surface area contributed by atoms with Gasteiger partial charge in [0.1, 0.15) is 11.3 Å². The number of urea groups is 1. The first kappa shape index (κ1) is 20.0. The van der Waals surface area contributed by atoms with Gasteiger partial charge in [0.15, 0.2) is 0 Å². The Morgan fingerprint density at radius 2 is 1.69 bits per heavy atom. The van der Waals surface area contributed by atoms with Gasteiger partial charge in [-0.05, 0) is 44.4 Å². The summed E-state index contributed by atoms with van der Waals surface area (Å²) in [6.45, 7) is 5.54. The average Bonchev–Trinajstić information content (AvgIpc) is 3.31. The van der Waals surface area contributed by atoms with Gasteiger partial charge in [-0.3, -0.25) is 14.6 Å². The van der Waals surface area contributed by atoms with Crippen molar-refractivity contribution in [2.24, 2.45) is 0 Å². The molecule has 158 valence electrons. The Morgan fingerprint density at radius 3 is 2.41 bits per heavy atom. The smallest absolute Gasteiger partial charge is 0.325 e. The summed E-state index contributed by atoms with van der Waals surface area (Å²) in [6.07, 6.45) is 5.51. The third-order valence-corrected chi connectivity index (χ3v) is 6.61. The number of anilines is 1. The van der Waals surface area contributed by atoms with Gasteiger partial charge in [0.25, 0.3) is 5.91 Å². The van der Waals surface area contributed by atoms with E-state index in [0.29, 0.717) is 6.54 Å². The van der Waals surface area contributed by atoms with Crippen LogP contribution in [-0.2, 0) is 4.79 Å². The lowest BCUT2D eigenvalue weighted by Gasteiger charge is -2.36. The molecule has 0 bridgehead atoms. The summed E-state index contributed by atoms with van der Waals surface area (Å²) in [5.41, 5.74) is 0.584. The van der Waals surface area contributed by atoms with Gasteiger partial charge in [0.05, 0.1) is 12.8 Å². The maximum absolute atomic E-state index is 12.7. The highest BCUT2D eigenvalue weighted by Crippen LogP contribution is 2.35. The van der Waals surface area contributed by atoms with E-state index >= 15 is 0 Å². The molecule has 3 amide bonds. The normalized spacial score (nSPS) is 21.8. The van der Waals surface area contributed by atoms with Crippen LogP contribution < -0.4 is 15.0 Å². The number of hydrogen-bond donors (Lipinski definition) is 1. The number of rotatable bonds is 7. The zero-order chi connectivity index (χ0) is 20.3. The minimum absolute atomic E-state index is 0.00502. The lowest BCUT2D eigenvalue weighted by Crippen LogP contribution is -2.46. The molecule has 1 spiro atoms. The fourth-order valence-corrected chi connectivity index (χ4v) is 4.91. The fourth-order valence-electron chi connectivity index (χ4n) is 4.91. The van der Waals surface area contributed by atoms with Crippen molar-refractivity contribution in [3.63, 3.8) is 0 Å². The minimum atomic E-state index is -0.577. The second kappa shape index (κ2) is 8.61. The lowest BCUT2D eigenvalue weighted by molar-refractivity contribution is -0.131. The van der Waals surface area contributed by atoms with Crippen molar-refractivity contribution >= 4 is 17.6 Å². The van der Waals surface area contributed by atoms with Crippen LogP contribution in [0.15, 0.2) is 24.3 Å². The van der Waals surface area contributed by atoms with Crippen LogP contribution in [0.2, 0.25) is 0 Å². The highest BCUT2D eigenvalue weighted by molar-refractivity contribution is 6.07. The van der Waals surface area contributed by atoms with E-state index in [1.807, 2.05) is 12.1 Å². The molecule has 0 atom stereocenters. The molecule has 3 aliphatic rings. The number of piperazine rings is 1. The third kappa shape index (κ3) is 4.06. The van der Waals surface area contributed by atoms with E-state index in [-0.39, 0.29) is 11.9 Å². The van der Waals surface area contributed by atoms with Crippen LogP contribution in [0.4, 0.5) is 10.5 Å². The Kier molecular flexibility index (Phi) is 5.94. The molecule has 2 saturated heterocycles. The molecule has 4 rings (SSSR count). The van der Waals surface area contributed by atoms with Gasteiger partial charge in [-0.15, -0.1) is 0 Å². The number of imide groups is 1. The summed E-state index contributed by atoms with van der Waals surface area (Å²) < 4.78 is 5.49. The Labute approximate surface area is 173 Å². The zero-order valence-electron chi connectivity index (χ0n) is 17.4. The predicted molar refractivity (Wildman–Crippen MR) is 112 cm³/mol. The van der Waals surface area contributed by atoms with Crippen molar-refractivity contribution in [3.8, 4) is 5.75 Å². The van der Waals surface area contributed by atoms with Crippen molar-refractivity contribution < 1.29 is 14.3 Å². The van der Waals surface area contributed by atoms with E-state index in [4.69, 9.17) is 4.74 Å². The van der Waals surface area contributed by atoms with E-state index in [1.165, 1.54) is 4.90 Å². The van der Waals surface area contributed by atoms with E-state index < -0.39 is 5.54 Å². The molecule has 29 heavy (non-hydrogen) atoms. The molecule has 7 heteroatoms. The first-order chi connectivity index (χ1) is 14.1. The number of nitrogens with zero attached hydrogens (tertiary/aromatic N) is 3. The van der Waals surface area contributed by atoms with E-state index in [9.17, 15) is 9.59 Å². The number of ether oxygens (including phenoxy) is 1. The van der Waals surface area contributed by atoms with Crippen molar-refractivity contribution in [1.82, 2.24) is 15.1 Å². The average molecular weight is 401 g/mol. The minimum Gasteiger partial charge on any atom is -0.495 e. The molecular weight excluding hydrogens is 368 g/mol. The van der Waals surface area contributed by atoms with Crippen LogP contribution in [0.1, 0.15) is 38.5 Å². The van der Waals surface area contributed by atoms with Crippen LogP contribution in [0.5, 0.6) is 5.75 Å². The van der Waals surface area contributed by atoms with Gasteiger partial charge >= 0.3 is 6.03 Å². The molecule has 1 aliphatic carbocycles. The van der Waals surface area contributed by atoms with Gasteiger partial charge in [-0.25, -0.2) is 4.79 Å². The Morgan fingerprint density at radius 1 is 1.00 bits per heavy atom. The topological polar surface area (TPSA) is 65.1 Å². The second-order valence-electron chi connectivity index (χ2n) is 8.38. The number of benzene rings is 1. The number of carbonyl (C=O) groups is 2. The summed E-state index contributed by atoms with van der Waals surface area (Å²) in [5.74, 6) is 0.931. The number of amides is 3. The van der Waals surface area contributed by atoms with Crippen molar-refractivity contribution in [2.45, 2.75) is 44.1 Å². The summed E-state index contributed by atoms with van der Waals surface area (Å²) in [6, 6.07) is 7.98. The second-order valence-corrected chi connectivity index (χ2v) is 8.38. The van der Waals surface area contributed by atoms with E-state index in [0.717, 1.165) is 82.7 Å². The lowest BCUT2D eigenvalue weighted by atomic mass is 9.98. The number of para-hydroxylation sites is 2. The number of hydrogen-bond acceptors (Lipinski definition) is 5. The zero-order valence-corrected chi connectivity index (χ0v) is 17.4. The van der Waals surface area contributed by atoms with E-state index in [1.54, 1.807) is 7.11 Å². The first-order valence-corrected chi connectivity index (χ1v) is 10.9. The predicted octanol–water partition coefficient (Wildman–Crippen LogP) is 2.46. The van der Waals surface area contributed by atoms with Gasteiger partial charge < -0.3 is 15.0 Å². The Hall–Kier alpha value is -2.28. The summed E-state index contributed by atoms with van der Waals surface area (Å²) in [7, 11) is 1.72. The molecule has 0 unspecified atom stereocenters. The van der Waals surface area contributed by atoms with E-state index in [2.05, 4.69) is 27.2 Å². The number of nitrogens with one attached hydrogen (secondary N) is 1. The highest BCUT2D eigenvalue weighted by atomic mass is 16.5. The molecule has 0 radical (unpaired) electrons. The molecule has 2 heterocycles. The van der Waals surface area contributed by atoms with Crippen LogP contribution in [0, 0.1) is 0 Å². The third-order valence-electron chi connectivity index (χ3n) is 6.61. The highest BCUT2D eigenvalue weighted by Gasteiger charge is 2.51. The van der Waals surface area contributed by atoms with Gasteiger partial charge in [-0.2, -0.15) is 0 Å². The molecule has 2 aliphatic heterocycles. The quantitative estimate of drug-likeness (QED) is 0.563. The molecule has 1 aromatic carbocycles. The fraction of sp³-hybridized carbons (Fsp3) is 0.636. The summed E-state index contributed by atoms with van der Waals surface area (Å²) >= 11 is 0. The first-order valence-electron chi connectivity index (χ1n) is 10.9. The largest absolute Gasteiger partial charge is 0.495 e. The standard InChI is InChI=1S/C22H32N4O3/c1-29-19-9-3-2-8-18(19)25-16-14-24(15-17-25)12-6-7-13-26-20(27)22(23-21(26)28)10-4-5-11-22/h2-3,8-9H,4-7,10-17H2,1H3,(H,23,28). The van der Waals surface area contributed by atoms with Gasteiger partial charge in [0.2, 0.25) is 0 Å². The molecule has 1 saturated carbocycles. The number of unbranched alkanes of at least 4 members (excludes halogenated alkanes) is 1. The van der Waals surface area contributed by atoms with Crippen molar-refractivity contribution in [3.05, 3.63) is 24.3 Å². The number of methoxy groups -OCH3 is 1. The van der Waals surface area contributed by atoms with Crippen LogP contribution >= 0.6 is 0 Å². The maximum Gasteiger partial charge on any atom is 0.325 e. The Bertz CT molecular complexity index is 739. The molecule has 1 N–H and O–H groups in total. The van der Waals surface area contributed by atoms with Crippen LogP contribution in [0.25, 0.3) is 0 Å². The molecule has 3 fully saturated rings. The van der Waals surface area contributed by atoms with Gasteiger partial charge in [0, 0.05) is 32.7 Å². The maximum atomic E-state index is 12.7. The monoisotopic (exact) mass is 400 g/mol. The molecule has 1 aromatic rings. The SMILES string of the molecule is COc1ccccc1N1CCN(CCCCN2C(=O)NC3(CCCC3)C2=O)CC1. The molecule has 0 aromatic heterocycles. The molecular formula is C22H32N4O3. The van der Waals surface area contributed by atoms with Crippen LogP contribution in [0.3, 0.4) is 0 Å². The van der Waals surface area contributed by atoms with Crippen molar-refractivity contribution in [2.75, 3.05) is 51.3 Å². The summed E-state index contributed by atoms with van der Waals surface area (Å²) in [4.78, 5) is 31.2. The summed E-state index contributed by atoms with van der Waals surface area (Å²) in [5, 5.41) is 2.96. The Balaban J connectivity index is 1.19. The van der Waals surface area contributed by atoms with Crippen LogP contribution in [-0.4, -0.2) is 73.7 Å². The van der Waals surface area contributed by atoms with Crippen molar-refractivity contribution in [1.29, 1.82) is 0 Å². The van der Waals surface area contributed by atoms with Gasteiger partial charge in [-0.1, -0.05) is 25.0 Å². The molecule has 7 nitrogen and oxygen atoms in total.